The van der Waals surface area contributed by atoms with E-state index in [1.54, 1.807) is 0 Å². The Labute approximate surface area is 69.5 Å². The summed E-state index contributed by atoms with van der Waals surface area (Å²) in [6.45, 7) is 4.31. The van der Waals surface area contributed by atoms with Gasteiger partial charge in [-0.25, -0.2) is 0 Å². The van der Waals surface area contributed by atoms with Crippen molar-refractivity contribution in [2.45, 2.75) is 38.6 Å². The van der Waals surface area contributed by atoms with E-state index in [0.29, 0.717) is 6.04 Å². The molecule has 0 spiro atoms. The summed E-state index contributed by atoms with van der Waals surface area (Å²) in [4.78, 5) is 0. The zero-order valence-electron chi connectivity index (χ0n) is 7.47. The molecular formula is C9H20N2. The summed E-state index contributed by atoms with van der Waals surface area (Å²) >= 11 is 0. The normalized spacial score (nSPS) is 32.2. The van der Waals surface area contributed by atoms with Crippen LogP contribution in [0.4, 0.5) is 0 Å². The van der Waals surface area contributed by atoms with E-state index in [9.17, 15) is 0 Å². The molecule has 0 aromatic heterocycles. The molecule has 11 heavy (non-hydrogen) atoms. The minimum atomic E-state index is 0.711. The van der Waals surface area contributed by atoms with E-state index in [1.165, 1.54) is 25.8 Å². The van der Waals surface area contributed by atoms with Crippen LogP contribution in [0.15, 0.2) is 0 Å². The summed E-state index contributed by atoms with van der Waals surface area (Å²) in [6.07, 6.45) is 5.20. The van der Waals surface area contributed by atoms with Crippen LogP contribution in [0.1, 0.15) is 32.6 Å². The van der Waals surface area contributed by atoms with Crippen molar-refractivity contribution in [3.05, 3.63) is 0 Å². The molecule has 0 radical (unpaired) electrons. The Morgan fingerprint density at radius 3 is 2.73 bits per heavy atom. The van der Waals surface area contributed by atoms with Gasteiger partial charge in [0.2, 0.25) is 0 Å². The lowest BCUT2D eigenvalue weighted by molar-refractivity contribution is 0.296. The largest absolute Gasteiger partial charge is 0.330 e. The Morgan fingerprint density at radius 2 is 2.27 bits per heavy atom. The minimum Gasteiger partial charge on any atom is -0.330 e. The van der Waals surface area contributed by atoms with Gasteiger partial charge >= 0.3 is 0 Å². The molecule has 0 aromatic carbocycles. The second-order valence-corrected chi connectivity index (χ2v) is 3.53. The lowest BCUT2D eigenvalue weighted by atomic mass is 9.91. The summed E-state index contributed by atoms with van der Waals surface area (Å²) in [7, 11) is 0. The minimum absolute atomic E-state index is 0.711. The van der Waals surface area contributed by atoms with E-state index < -0.39 is 0 Å². The van der Waals surface area contributed by atoms with Gasteiger partial charge in [0, 0.05) is 6.04 Å². The molecule has 0 saturated carbocycles. The van der Waals surface area contributed by atoms with Gasteiger partial charge in [-0.05, 0) is 38.3 Å². The van der Waals surface area contributed by atoms with Crippen molar-refractivity contribution < 1.29 is 0 Å². The molecule has 1 saturated heterocycles. The monoisotopic (exact) mass is 156 g/mol. The van der Waals surface area contributed by atoms with Gasteiger partial charge in [-0.15, -0.1) is 0 Å². The summed E-state index contributed by atoms with van der Waals surface area (Å²) in [5.41, 5.74) is 5.49. The van der Waals surface area contributed by atoms with Crippen LogP contribution in [0, 0.1) is 5.92 Å². The van der Waals surface area contributed by atoms with Crippen molar-refractivity contribution in [1.29, 1.82) is 0 Å². The van der Waals surface area contributed by atoms with Crippen LogP contribution in [0.25, 0.3) is 0 Å². The molecule has 2 nitrogen and oxygen atoms in total. The highest BCUT2D eigenvalue weighted by Gasteiger charge is 2.17. The summed E-state index contributed by atoms with van der Waals surface area (Å²) in [5, 5.41) is 3.54. The van der Waals surface area contributed by atoms with E-state index in [4.69, 9.17) is 5.73 Å². The van der Waals surface area contributed by atoms with Gasteiger partial charge in [-0.3, -0.25) is 0 Å². The Kier molecular flexibility index (Phi) is 3.87. The highest BCUT2D eigenvalue weighted by Crippen LogP contribution is 2.17. The fourth-order valence-electron chi connectivity index (χ4n) is 1.77. The molecule has 0 aliphatic carbocycles. The molecule has 1 rings (SSSR count). The first-order chi connectivity index (χ1) is 5.36. The van der Waals surface area contributed by atoms with Crippen LogP contribution in [-0.2, 0) is 0 Å². The smallest absolute Gasteiger partial charge is 0.00792 e. The number of rotatable bonds is 3. The number of hydrogen-bond acceptors (Lipinski definition) is 2. The lowest BCUT2D eigenvalue weighted by Gasteiger charge is -2.28. The third kappa shape index (κ3) is 2.80. The topological polar surface area (TPSA) is 38.0 Å². The van der Waals surface area contributed by atoms with Gasteiger partial charge in [0.25, 0.3) is 0 Å². The summed E-state index contributed by atoms with van der Waals surface area (Å²) in [5.74, 6) is 0.920. The fourth-order valence-corrected chi connectivity index (χ4v) is 1.77. The van der Waals surface area contributed by atoms with Crippen molar-refractivity contribution in [1.82, 2.24) is 5.32 Å². The van der Waals surface area contributed by atoms with Crippen LogP contribution >= 0.6 is 0 Å². The SMILES string of the molecule is CC[C@H]1CC[C@@H](CCN)NC1. The molecular weight excluding hydrogens is 136 g/mol. The quantitative estimate of drug-likeness (QED) is 0.642. The maximum atomic E-state index is 5.49. The number of nitrogens with two attached hydrogens (primary N) is 1. The maximum absolute atomic E-state index is 5.49. The first-order valence-corrected chi connectivity index (χ1v) is 4.80. The van der Waals surface area contributed by atoms with E-state index in [0.717, 1.165) is 18.9 Å². The van der Waals surface area contributed by atoms with E-state index >= 15 is 0 Å². The molecule has 2 heteroatoms. The van der Waals surface area contributed by atoms with Crippen molar-refractivity contribution >= 4 is 0 Å². The Morgan fingerprint density at radius 1 is 1.45 bits per heavy atom. The van der Waals surface area contributed by atoms with Gasteiger partial charge < -0.3 is 11.1 Å². The zero-order valence-corrected chi connectivity index (χ0v) is 7.47. The zero-order chi connectivity index (χ0) is 8.10. The van der Waals surface area contributed by atoms with Gasteiger partial charge in [0.15, 0.2) is 0 Å². The molecule has 0 unspecified atom stereocenters. The van der Waals surface area contributed by atoms with Crippen LogP contribution in [-0.4, -0.2) is 19.1 Å². The highest BCUT2D eigenvalue weighted by molar-refractivity contribution is 4.77. The second-order valence-electron chi connectivity index (χ2n) is 3.53. The first-order valence-electron chi connectivity index (χ1n) is 4.80. The Balaban J connectivity index is 2.14. The molecule has 1 aliphatic rings. The molecule has 1 aliphatic heterocycles. The average Bonchev–Trinajstić information content (AvgIpc) is 2.07. The van der Waals surface area contributed by atoms with E-state index in [2.05, 4.69) is 12.2 Å². The molecule has 3 N–H and O–H groups in total. The first kappa shape index (κ1) is 9.01. The van der Waals surface area contributed by atoms with Crippen LogP contribution < -0.4 is 11.1 Å². The molecule has 0 aromatic rings. The number of piperidine rings is 1. The predicted octanol–water partition coefficient (Wildman–Crippen LogP) is 1.11. The predicted molar refractivity (Wildman–Crippen MR) is 48.5 cm³/mol. The molecule has 2 atom stereocenters. The third-order valence-corrected chi connectivity index (χ3v) is 2.71. The molecule has 0 bridgehead atoms. The van der Waals surface area contributed by atoms with E-state index in [1.807, 2.05) is 0 Å². The molecule has 1 fully saturated rings. The van der Waals surface area contributed by atoms with Gasteiger partial charge in [-0.1, -0.05) is 13.3 Å². The van der Waals surface area contributed by atoms with Crippen molar-refractivity contribution in [2.24, 2.45) is 11.7 Å². The number of hydrogen-bond donors (Lipinski definition) is 2. The Hall–Kier alpha value is -0.0800. The van der Waals surface area contributed by atoms with Gasteiger partial charge in [0.05, 0.1) is 0 Å². The van der Waals surface area contributed by atoms with Gasteiger partial charge in [-0.2, -0.15) is 0 Å². The van der Waals surface area contributed by atoms with Crippen molar-refractivity contribution in [2.75, 3.05) is 13.1 Å². The Bertz CT molecular complexity index is 95.7. The van der Waals surface area contributed by atoms with Crippen LogP contribution in [0.3, 0.4) is 0 Å². The molecule has 0 amide bonds. The fraction of sp³-hybridized carbons (Fsp3) is 1.00. The molecule has 66 valence electrons. The second kappa shape index (κ2) is 4.73. The molecule has 1 heterocycles. The highest BCUT2D eigenvalue weighted by atomic mass is 14.9. The summed E-state index contributed by atoms with van der Waals surface area (Å²) in [6, 6.07) is 0.711. The standard InChI is InChI=1S/C9H20N2/c1-2-8-3-4-9(5-6-10)11-7-8/h8-9,11H,2-7,10H2,1H3/t8-,9-/m0/s1. The number of nitrogens with one attached hydrogen (secondary N) is 1. The lowest BCUT2D eigenvalue weighted by Crippen LogP contribution is -2.39. The van der Waals surface area contributed by atoms with Crippen LogP contribution in [0.2, 0.25) is 0 Å². The average molecular weight is 156 g/mol. The maximum Gasteiger partial charge on any atom is 0.00792 e. The van der Waals surface area contributed by atoms with Crippen molar-refractivity contribution in [3.8, 4) is 0 Å². The third-order valence-electron chi connectivity index (χ3n) is 2.71. The van der Waals surface area contributed by atoms with Crippen molar-refractivity contribution in [3.63, 3.8) is 0 Å². The summed E-state index contributed by atoms with van der Waals surface area (Å²) < 4.78 is 0. The van der Waals surface area contributed by atoms with Gasteiger partial charge in [0.1, 0.15) is 0 Å². The van der Waals surface area contributed by atoms with E-state index in [-0.39, 0.29) is 0 Å². The van der Waals surface area contributed by atoms with Crippen LogP contribution in [0.5, 0.6) is 0 Å².